The van der Waals surface area contributed by atoms with E-state index in [4.69, 9.17) is 0 Å². The molecule has 0 atom stereocenters. The van der Waals surface area contributed by atoms with E-state index in [1.165, 1.54) is 28.2 Å². The highest BCUT2D eigenvalue weighted by molar-refractivity contribution is 6.21. The predicted molar refractivity (Wildman–Crippen MR) is 117 cm³/mol. The maximum absolute atomic E-state index is 13.4. The number of hydrogen-bond acceptors (Lipinski definition) is 7. The summed E-state index contributed by atoms with van der Waals surface area (Å²) >= 11 is 0. The van der Waals surface area contributed by atoms with Crippen LogP contribution in [0.1, 0.15) is 12.0 Å². The summed E-state index contributed by atoms with van der Waals surface area (Å²) in [6.07, 6.45) is -0.597. The molecule has 11 nitrogen and oxygen atoms in total. The van der Waals surface area contributed by atoms with Crippen LogP contribution < -0.4 is 4.90 Å². The Labute approximate surface area is 191 Å². The molecule has 0 spiro atoms. The number of amides is 8. The number of carbonyl (C=O) groups is 6. The van der Waals surface area contributed by atoms with E-state index < -0.39 is 53.4 Å². The number of imide groups is 4. The molecule has 0 unspecified atom stereocenters. The van der Waals surface area contributed by atoms with Gasteiger partial charge in [-0.15, -0.1) is 0 Å². The third-order valence-electron chi connectivity index (χ3n) is 6.34. The molecule has 0 N–H and O–H groups in total. The van der Waals surface area contributed by atoms with E-state index in [1.807, 2.05) is 31.1 Å². The summed E-state index contributed by atoms with van der Waals surface area (Å²) in [6, 6.07) is 5.54. The largest absolute Gasteiger partial charge is 0.378 e. The zero-order valence-corrected chi connectivity index (χ0v) is 19.5. The van der Waals surface area contributed by atoms with E-state index in [2.05, 4.69) is 0 Å². The van der Waals surface area contributed by atoms with Gasteiger partial charge in [0, 0.05) is 48.0 Å². The van der Waals surface area contributed by atoms with Crippen molar-refractivity contribution in [1.82, 2.24) is 19.6 Å². The average molecular weight is 457 g/mol. The number of urea groups is 2. The van der Waals surface area contributed by atoms with Crippen LogP contribution in [0.4, 0.5) is 15.3 Å². The van der Waals surface area contributed by atoms with Crippen molar-refractivity contribution in [1.29, 1.82) is 0 Å². The summed E-state index contributed by atoms with van der Waals surface area (Å²) in [5.41, 5.74) is -0.361. The summed E-state index contributed by atoms with van der Waals surface area (Å²) in [5.74, 6) is -4.62. The second-order valence-electron chi connectivity index (χ2n) is 8.66. The van der Waals surface area contributed by atoms with Crippen LogP contribution in [0, 0.1) is 11.3 Å². The van der Waals surface area contributed by atoms with E-state index in [0.717, 1.165) is 25.3 Å². The first-order chi connectivity index (χ1) is 15.3. The number of nitrogens with zero attached hydrogens (tertiary/aromatic N) is 5. The summed E-state index contributed by atoms with van der Waals surface area (Å²) in [4.78, 5) is 82.2. The van der Waals surface area contributed by atoms with E-state index in [-0.39, 0.29) is 6.42 Å². The molecule has 2 heterocycles. The van der Waals surface area contributed by atoms with Crippen LogP contribution in [0.25, 0.3) is 0 Å². The summed E-state index contributed by atoms with van der Waals surface area (Å²) in [7, 11) is 8.72. The van der Waals surface area contributed by atoms with Crippen LogP contribution in [0.3, 0.4) is 0 Å². The summed E-state index contributed by atoms with van der Waals surface area (Å²) < 4.78 is 0. The molecular formula is C22H27N5O6. The highest BCUT2D eigenvalue weighted by atomic mass is 16.2. The van der Waals surface area contributed by atoms with Gasteiger partial charge in [0.2, 0.25) is 23.6 Å². The Kier molecular flexibility index (Phi) is 6.01. The van der Waals surface area contributed by atoms with Gasteiger partial charge in [-0.25, -0.2) is 9.59 Å². The number of benzene rings is 1. The molecule has 0 aromatic heterocycles. The van der Waals surface area contributed by atoms with Crippen molar-refractivity contribution >= 4 is 41.4 Å². The van der Waals surface area contributed by atoms with Gasteiger partial charge in [0.05, 0.1) is 0 Å². The predicted octanol–water partition coefficient (Wildman–Crippen LogP) is 0.389. The Morgan fingerprint density at radius 1 is 0.727 bits per heavy atom. The minimum absolute atomic E-state index is 0.126. The molecule has 2 saturated heterocycles. The summed E-state index contributed by atoms with van der Waals surface area (Å²) in [5, 5.41) is 0. The highest BCUT2D eigenvalue weighted by Gasteiger charge is 2.59. The van der Waals surface area contributed by atoms with Crippen LogP contribution in [0.5, 0.6) is 0 Å². The molecule has 0 saturated carbocycles. The molecule has 8 amide bonds. The van der Waals surface area contributed by atoms with Gasteiger partial charge in [0.25, 0.3) is 0 Å². The monoisotopic (exact) mass is 457 g/mol. The fourth-order valence-electron chi connectivity index (χ4n) is 4.30. The second-order valence-corrected chi connectivity index (χ2v) is 8.66. The molecule has 11 heteroatoms. The minimum Gasteiger partial charge on any atom is -0.378 e. The van der Waals surface area contributed by atoms with Gasteiger partial charge in [-0.05, 0) is 30.5 Å². The zero-order valence-electron chi connectivity index (χ0n) is 19.5. The van der Waals surface area contributed by atoms with Gasteiger partial charge < -0.3 is 4.90 Å². The first-order valence-electron chi connectivity index (χ1n) is 10.3. The summed E-state index contributed by atoms with van der Waals surface area (Å²) in [6.45, 7) is 0. The van der Waals surface area contributed by atoms with Gasteiger partial charge in [-0.2, -0.15) is 0 Å². The Morgan fingerprint density at radius 3 is 1.58 bits per heavy atom. The van der Waals surface area contributed by atoms with Crippen LogP contribution in [0.15, 0.2) is 24.3 Å². The van der Waals surface area contributed by atoms with Crippen molar-refractivity contribution in [2.24, 2.45) is 11.3 Å². The lowest BCUT2D eigenvalue weighted by molar-refractivity contribution is -0.161. The maximum Gasteiger partial charge on any atom is 0.332 e. The van der Waals surface area contributed by atoms with Gasteiger partial charge in [0.1, 0.15) is 11.3 Å². The molecule has 0 radical (unpaired) electrons. The first-order valence-corrected chi connectivity index (χ1v) is 10.3. The molecule has 176 valence electrons. The molecule has 2 fully saturated rings. The van der Waals surface area contributed by atoms with Crippen molar-refractivity contribution < 1.29 is 28.8 Å². The second kappa shape index (κ2) is 8.30. The Morgan fingerprint density at radius 2 is 1.15 bits per heavy atom. The molecular weight excluding hydrogens is 430 g/mol. The van der Waals surface area contributed by atoms with Crippen LogP contribution in [0.2, 0.25) is 0 Å². The minimum atomic E-state index is -1.88. The smallest absolute Gasteiger partial charge is 0.332 e. The number of hydrogen-bond donors (Lipinski definition) is 0. The molecule has 3 rings (SSSR count). The zero-order chi connectivity index (χ0) is 24.8. The van der Waals surface area contributed by atoms with Crippen LogP contribution >= 0.6 is 0 Å². The van der Waals surface area contributed by atoms with Crippen LogP contribution in [-0.4, -0.2) is 97.6 Å². The van der Waals surface area contributed by atoms with E-state index in [9.17, 15) is 28.8 Å². The number of carbonyl (C=O) groups excluding carboxylic acids is 6. The number of anilines is 1. The standard InChI is InChI=1S/C22H27N5O6/c1-23(2)14-9-7-13(8-10-14)11-22(18(30)26(5)21(33)27(6)19(22)31)12-15-16(28)24(3)20(32)25(4)17(15)29/h7-10,15H,11-12H2,1-6H3. The Bertz CT molecular complexity index is 1000. The highest BCUT2D eigenvalue weighted by Crippen LogP contribution is 2.40. The lowest BCUT2D eigenvalue weighted by Gasteiger charge is -2.44. The fraction of sp³-hybridized carbons (Fsp3) is 0.455. The van der Waals surface area contributed by atoms with E-state index in [0.29, 0.717) is 5.56 Å². The normalized spacial score (nSPS) is 19.7. The lowest BCUT2D eigenvalue weighted by Crippen LogP contribution is -2.66. The fourth-order valence-corrected chi connectivity index (χ4v) is 4.30. The first kappa shape index (κ1) is 23.9. The van der Waals surface area contributed by atoms with Crippen molar-refractivity contribution in [3.63, 3.8) is 0 Å². The molecule has 0 aliphatic carbocycles. The maximum atomic E-state index is 13.4. The quantitative estimate of drug-likeness (QED) is 0.587. The average Bonchev–Trinajstić information content (AvgIpc) is 2.80. The third-order valence-corrected chi connectivity index (χ3v) is 6.34. The Balaban J connectivity index is 2.09. The molecule has 33 heavy (non-hydrogen) atoms. The molecule has 1 aromatic carbocycles. The SMILES string of the molecule is CN1C(=O)C(CC2(Cc3ccc(N(C)C)cc3)C(=O)N(C)C(=O)N(C)C2=O)C(=O)N(C)C1=O. The number of rotatable bonds is 5. The van der Waals surface area contributed by atoms with Crippen molar-refractivity contribution in [2.45, 2.75) is 12.8 Å². The molecule has 2 aliphatic heterocycles. The van der Waals surface area contributed by atoms with E-state index >= 15 is 0 Å². The van der Waals surface area contributed by atoms with Gasteiger partial charge in [0.15, 0.2) is 0 Å². The van der Waals surface area contributed by atoms with Crippen LogP contribution in [-0.2, 0) is 25.6 Å². The van der Waals surface area contributed by atoms with E-state index in [1.54, 1.807) is 12.1 Å². The van der Waals surface area contributed by atoms with Crippen molar-refractivity contribution in [2.75, 3.05) is 47.2 Å². The third kappa shape index (κ3) is 3.73. The molecule has 1 aromatic rings. The van der Waals surface area contributed by atoms with Gasteiger partial charge >= 0.3 is 12.1 Å². The molecule has 2 aliphatic rings. The van der Waals surface area contributed by atoms with Gasteiger partial charge in [-0.1, -0.05) is 12.1 Å². The topological polar surface area (TPSA) is 119 Å². The lowest BCUT2D eigenvalue weighted by atomic mass is 9.70. The van der Waals surface area contributed by atoms with Crippen molar-refractivity contribution in [3.8, 4) is 0 Å². The Hall–Kier alpha value is -3.76. The van der Waals surface area contributed by atoms with Gasteiger partial charge in [-0.3, -0.25) is 38.8 Å². The van der Waals surface area contributed by atoms with Crippen molar-refractivity contribution in [3.05, 3.63) is 29.8 Å². The molecule has 0 bridgehead atoms. The number of barbiturate groups is 2.